The van der Waals surface area contributed by atoms with Crippen LogP contribution in [0.4, 0.5) is 0 Å². The third kappa shape index (κ3) is 3.16. The number of amides is 1. The molecule has 1 amide bonds. The van der Waals surface area contributed by atoms with E-state index in [-0.39, 0.29) is 11.9 Å². The molecule has 0 spiro atoms. The van der Waals surface area contributed by atoms with Gasteiger partial charge in [-0.05, 0) is 32.3 Å². The molecule has 0 bridgehead atoms. The van der Waals surface area contributed by atoms with E-state index in [0.29, 0.717) is 35.2 Å². The molecule has 1 fully saturated rings. The first kappa shape index (κ1) is 17.5. The molecule has 4 aromatic rings. The summed E-state index contributed by atoms with van der Waals surface area (Å²) in [5.74, 6) is 0.887. The minimum absolute atomic E-state index is 0.107. The predicted octanol–water partition coefficient (Wildman–Crippen LogP) is 3.95. The van der Waals surface area contributed by atoms with E-state index < -0.39 is 0 Å². The van der Waals surface area contributed by atoms with Gasteiger partial charge in [0, 0.05) is 18.3 Å². The van der Waals surface area contributed by atoms with Crippen LogP contribution in [0.5, 0.6) is 0 Å². The van der Waals surface area contributed by atoms with Crippen molar-refractivity contribution in [3.8, 4) is 11.4 Å². The molecule has 1 atom stereocenters. The summed E-state index contributed by atoms with van der Waals surface area (Å²) in [5.41, 5.74) is 2.52. The molecular weight excluding hydrogens is 370 g/mol. The number of aromatic nitrogens is 4. The smallest absolute Gasteiger partial charge is 0.257 e. The largest absolute Gasteiger partial charge is 0.337 e. The van der Waals surface area contributed by atoms with Crippen LogP contribution in [0.2, 0.25) is 0 Å². The number of aryl methyl sites for hydroxylation is 1. The van der Waals surface area contributed by atoms with Crippen molar-refractivity contribution >= 4 is 17.0 Å². The minimum atomic E-state index is -0.250. The monoisotopic (exact) mass is 389 g/mol. The fraction of sp³-hybridized carbons (Fsp3) is 0.286. The lowest BCUT2D eigenvalue weighted by Crippen LogP contribution is -2.38. The molecule has 8 heteroatoms. The Balaban J connectivity index is 1.46. The number of benzene rings is 1. The highest BCUT2D eigenvalue weighted by atomic mass is 16.5. The van der Waals surface area contributed by atoms with E-state index in [2.05, 4.69) is 20.3 Å². The van der Waals surface area contributed by atoms with E-state index in [0.717, 1.165) is 30.2 Å². The summed E-state index contributed by atoms with van der Waals surface area (Å²) in [5, 5.41) is 8.77. The van der Waals surface area contributed by atoms with Crippen LogP contribution in [0.25, 0.3) is 22.5 Å². The normalized spacial score (nSPS) is 17.0. The van der Waals surface area contributed by atoms with Gasteiger partial charge in [-0.3, -0.25) is 4.79 Å². The second kappa shape index (κ2) is 7.12. The van der Waals surface area contributed by atoms with Crippen molar-refractivity contribution < 1.29 is 13.8 Å². The number of piperidine rings is 1. The van der Waals surface area contributed by atoms with Crippen molar-refractivity contribution in [2.24, 2.45) is 0 Å². The number of nitrogens with zero attached hydrogens (tertiary/aromatic N) is 5. The molecule has 5 rings (SSSR count). The molecule has 0 unspecified atom stereocenters. The van der Waals surface area contributed by atoms with Gasteiger partial charge in [0.15, 0.2) is 0 Å². The Morgan fingerprint density at radius 3 is 2.86 bits per heavy atom. The standard InChI is InChI=1S/C21H19N5O3/c1-13-16-11-15(12-22-19(16)28-24-13)21(27)26-10-6-5-9-17(26)20-23-18(25-29-20)14-7-3-2-4-8-14/h2-4,7-8,11-12,17H,5-6,9-10H2,1H3/t17-/m0/s1. The van der Waals surface area contributed by atoms with Crippen molar-refractivity contribution in [1.82, 2.24) is 25.2 Å². The minimum Gasteiger partial charge on any atom is -0.337 e. The number of carbonyl (C=O) groups is 1. The Kier molecular flexibility index (Phi) is 4.31. The van der Waals surface area contributed by atoms with Crippen LogP contribution in [0.1, 0.15) is 47.2 Å². The maximum absolute atomic E-state index is 13.3. The average molecular weight is 389 g/mol. The summed E-state index contributed by atoms with van der Waals surface area (Å²) in [7, 11) is 0. The molecule has 1 saturated heterocycles. The lowest BCUT2D eigenvalue weighted by atomic mass is 10.0. The first-order chi connectivity index (χ1) is 14.2. The summed E-state index contributed by atoms with van der Waals surface area (Å²) in [6, 6.07) is 11.2. The van der Waals surface area contributed by atoms with Crippen molar-refractivity contribution in [1.29, 1.82) is 0 Å². The number of carbonyl (C=O) groups excluding carboxylic acids is 1. The number of hydrogen-bond donors (Lipinski definition) is 0. The fourth-order valence-electron chi connectivity index (χ4n) is 3.73. The van der Waals surface area contributed by atoms with Gasteiger partial charge < -0.3 is 13.9 Å². The van der Waals surface area contributed by atoms with Gasteiger partial charge in [-0.25, -0.2) is 4.98 Å². The predicted molar refractivity (Wildman–Crippen MR) is 104 cm³/mol. The van der Waals surface area contributed by atoms with Gasteiger partial charge >= 0.3 is 0 Å². The molecule has 29 heavy (non-hydrogen) atoms. The number of hydrogen-bond acceptors (Lipinski definition) is 7. The topological polar surface area (TPSA) is 98.2 Å². The number of likely N-dealkylation sites (tertiary alicyclic amines) is 1. The number of pyridine rings is 1. The van der Waals surface area contributed by atoms with Crippen molar-refractivity contribution in [2.75, 3.05) is 6.54 Å². The molecule has 4 heterocycles. The molecule has 146 valence electrons. The molecule has 1 aliphatic heterocycles. The number of fused-ring (bicyclic) bond motifs is 1. The summed E-state index contributed by atoms with van der Waals surface area (Å²) in [4.78, 5) is 23.9. The maximum atomic E-state index is 13.3. The SMILES string of the molecule is Cc1noc2ncc(C(=O)N3CCCC[C@H]3c3nc(-c4ccccc4)no3)cc12. The summed E-state index contributed by atoms with van der Waals surface area (Å²) in [6.45, 7) is 2.46. The summed E-state index contributed by atoms with van der Waals surface area (Å²) >= 11 is 0. The first-order valence-corrected chi connectivity index (χ1v) is 9.63. The van der Waals surface area contributed by atoms with Crippen molar-refractivity contribution in [2.45, 2.75) is 32.2 Å². The Bertz CT molecular complexity index is 1170. The van der Waals surface area contributed by atoms with Gasteiger partial charge in [-0.15, -0.1) is 0 Å². The zero-order valence-corrected chi connectivity index (χ0v) is 15.9. The van der Waals surface area contributed by atoms with Gasteiger partial charge in [0.05, 0.1) is 16.6 Å². The highest BCUT2D eigenvalue weighted by Crippen LogP contribution is 2.32. The van der Waals surface area contributed by atoms with E-state index in [4.69, 9.17) is 9.05 Å². The first-order valence-electron chi connectivity index (χ1n) is 9.63. The van der Waals surface area contributed by atoms with Gasteiger partial charge in [0.1, 0.15) is 6.04 Å². The van der Waals surface area contributed by atoms with Crippen molar-refractivity contribution in [3.63, 3.8) is 0 Å². The molecule has 1 aromatic carbocycles. The van der Waals surface area contributed by atoms with Crippen LogP contribution in [0, 0.1) is 6.92 Å². The molecule has 8 nitrogen and oxygen atoms in total. The lowest BCUT2D eigenvalue weighted by Gasteiger charge is -2.33. The second-order valence-electron chi connectivity index (χ2n) is 7.18. The molecule has 0 aliphatic carbocycles. The average Bonchev–Trinajstić information content (AvgIpc) is 3.41. The molecule has 0 N–H and O–H groups in total. The van der Waals surface area contributed by atoms with Crippen LogP contribution in [0.15, 0.2) is 51.6 Å². The highest BCUT2D eigenvalue weighted by Gasteiger charge is 2.33. The van der Waals surface area contributed by atoms with Crippen LogP contribution < -0.4 is 0 Å². The van der Waals surface area contributed by atoms with Gasteiger partial charge in [-0.1, -0.05) is 40.6 Å². The van der Waals surface area contributed by atoms with Crippen LogP contribution in [-0.4, -0.2) is 37.6 Å². The molecule has 1 aliphatic rings. The van der Waals surface area contributed by atoms with Crippen LogP contribution >= 0.6 is 0 Å². The van der Waals surface area contributed by atoms with E-state index in [1.54, 1.807) is 11.0 Å². The Morgan fingerprint density at radius 2 is 2.00 bits per heavy atom. The summed E-state index contributed by atoms with van der Waals surface area (Å²) < 4.78 is 10.7. The number of rotatable bonds is 3. The van der Waals surface area contributed by atoms with E-state index in [9.17, 15) is 4.79 Å². The van der Waals surface area contributed by atoms with E-state index in [1.165, 1.54) is 6.20 Å². The Labute approximate surface area is 166 Å². The zero-order valence-electron chi connectivity index (χ0n) is 15.9. The molecule has 0 saturated carbocycles. The van der Waals surface area contributed by atoms with E-state index >= 15 is 0 Å². The van der Waals surface area contributed by atoms with Crippen molar-refractivity contribution in [3.05, 3.63) is 59.7 Å². The lowest BCUT2D eigenvalue weighted by molar-refractivity contribution is 0.0561. The maximum Gasteiger partial charge on any atom is 0.257 e. The second-order valence-corrected chi connectivity index (χ2v) is 7.18. The fourth-order valence-corrected chi connectivity index (χ4v) is 3.73. The van der Waals surface area contributed by atoms with Gasteiger partial charge in [0.25, 0.3) is 11.6 Å². The Morgan fingerprint density at radius 1 is 1.14 bits per heavy atom. The summed E-state index contributed by atoms with van der Waals surface area (Å²) in [6.07, 6.45) is 4.25. The Hall–Kier alpha value is -3.55. The van der Waals surface area contributed by atoms with Gasteiger partial charge in [-0.2, -0.15) is 4.98 Å². The third-order valence-electron chi connectivity index (χ3n) is 5.28. The zero-order chi connectivity index (χ0) is 19.8. The van der Waals surface area contributed by atoms with E-state index in [1.807, 2.05) is 37.3 Å². The molecule has 0 radical (unpaired) electrons. The highest BCUT2D eigenvalue weighted by molar-refractivity contribution is 5.97. The van der Waals surface area contributed by atoms with Gasteiger partial charge in [0.2, 0.25) is 11.7 Å². The third-order valence-corrected chi connectivity index (χ3v) is 5.28. The molecular formula is C21H19N5O3. The quantitative estimate of drug-likeness (QED) is 0.523. The van der Waals surface area contributed by atoms with Crippen LogP contribution in [-0.2, 0) is 0 Å². The molecule has 3 aromatic heterocycles. The van der Waals surface area contributed by atoms with Crippen LogP contribution in [0.3, 0.4) is 0 Å².